The summed E-state index contributed by atoms with van der Waals surface area (Å²) >= 11 is 0. The van der Waals surface area contributed by atoms with Gasteiger partial charge in [0, 0.05) is 38.2 Å². The van der Waals surface area contributed by atoms with E-state index in [9.17, 15) is 2.74 Å². The Kier molecular flexibility index (Phi) is 5.74. The van der Waals surface area contributed by atoms with Crippen molar-refractivity contribution in [3.8, 4) is 62.1 Å². The van der Waals surface area contributed by atoms with E-state index in [0.29, 0.717) is 28.5 Å². The molecule has 262 valence electrons. The molecule has 0 atom stereocenters. The molecule has 0 fully saturated rings. The zero-order chi connectivity index (χ0) is 44.0. The average molecular weight is 725 g/mol. The summed E-state index contributed by atoms with van der Waals surface area (Å²) in [6.07, 6.45) is 0. The highest BCUT2D eigenvalue weighted by Gasteiger charge is 2.21. The van der Waals surface area contributed by atoms with Gasteiger partial charge in [-0.3, -0.25) is 0 Å². The van der Waals surface area contributed by atoms with Crippen molar-refractivity contribution in [1.29, 1.82) is 0 Å². The Labute approximate surface area is 334 Å². The Morgan fingerprint density at radius 3 is 1.55 bits per heavy atom. The smallest absolute Gasteiger partial charge is 0.166 e. The SMILES string of the molecule is [2H]c1c([2H])c([2H])c2c(c1[2H])c1c([2H])c([2H])c([2H])c([2H])c1n2-c1ccc(-c2ccc3oc4cc(-c5ccccc5)ccc4c3c2)cc1-c1nc(-c2ccccc2)nc(-c2ccccc2)n1. The van der Waals surface area contributed by atoms with E-state index in [0.717, 1.165) is 49.7 Å². The standard InChI is InChI=1S/C51H32N4O/c1-4-14-33(15-5-1)38-24-27-41-42-30-37(26-29-47(42)56-48(41)32-38)36-25-28-46(55-44-22-12-10-20-39(44)40-21-11-13-23-45(40)55)43(31-36)51-53-49(34-16-6-2-7-17-34)52-50(54-51)35-18-8-3-9-19-35/h1-32H/i10D,11D,12D,13D,20D,21D,22D,23D. The van der Waals surface area contributed by atoms with Gasteiger partial charge in [-0.05, 0) is 70.7 Å². The first-order chi connectivity index (χ1) is 31.1. The third kappa shape index (κ3) is 5.37. The lowest BCUT2D eigenvalue weighted by Crippen LogP contribution is -2.04. The Hall–Kier alpha value is -7.63. The molecule has 0 saturated heterocycles. The number of nitrogens with zero attached hydrogens (tertiary/aromatic N) is 4. The summed E-state index contributed by atoms with van der Waals surface area (Å²) in [6, 6.07) is 43.1. The maximum absolute atomic E-state index is 9.25. The van der Waals surface area contributed by atoms with E-state index in [1.165, 1.54) is 4.57 Å². The summed E-state index contributed by atoms with van der Waals surface area (Å²) in [6.45, 7) is 0. The van der Waals surface area contributed by atoms with E-state index >= 15 is 0 Å². The second-order valence-electron chi connectivity index (χ2n) is 13.4. The third-order valence-electron chi connectivity index (χ3n) is 10.1. The van der Waals surface area contributed by atoms with Crippen LogP contribution < -0.4 is 0 Å². The summed E-state index contributed by atoms with van der Waals surface area (Å²) in [5.41, 5.74) is 7.35. The van der Waals surface area contributed by atoms with E-state index in [2.05, 4.69) is 30.3 Å². The van der Waals surface area contributed by atoms with Crippen LogP contribution in [0, 0.1) is 0 Å². The van der Waals surface area contributed by atoms with Crippen LogP contribution in [0.2, 0.25) is 0 Å². The number of rotatable bonds is 6. The van der Waals surface area contributed by atoms with Crippen molar-refractivity contribution in [2.45, 2.75) is 0 Å². The topological polar surface area (TPSA) is 56.7 Å². The minimum atomic E-state index is -0.518. The number of benzene rings is 8. The normalized spacial score (nSPS) is 13.6. The molecule has 5 nitrogen and oxygen atoms in total. The predicted octanol–water partition coefficient (Wildman–Crippen LogP) is 13.2. The van der Waals surface area contributed by atoms with Gasteiger partial charge in [0.2, 0.25) is 0 Å². The van der Waals surface area contributed by atoms with Gasteiger partial charge in [-0.2, -0.15) is 0 Å². The largest absolute Gasteiger partial charge is 0.456 e. The summed E-state index contributed by atoms with van der Waals surface area (Å²) in [5.74, 6) is 0.991. The first-order valence-electron chi connectivity index (χ1n) is 22.1. The average Bonchev–Trinajstić information content (AvgIpc) is 3.90. The number of hydrogen-bond acceptors (Lipinski definition) is 4. The molecule has 0 aliphatic carbocycles. The molecule has 3 heterocycles. The zero-order valence-electron chi connectivity index (χ0n) is 37.6. The molecule has 0 unspecified atom stereocenters. The van der Waals surface area contributed by atoms with Crippen molar-refractivity contribution < 1.29 is 15.4 Å². The molecule has 11 aromatic rings. The van der Waals surface area contributed by atoms with Crippen molar-refractivity contribution in [2.75, 3.05) is 0 Å². The van der Waals surface area contributed by atoms with Crippen molar-refractivity contribution >= 4 is 43.7 Å². The molecule has 0 radical (unpaired) electrons. The molecule has 0 bridgehead atoms. The van der Waals surface area contributed by atoms with Crippen LogP contribution in [0.3, 0.4) is 0 Å². The van der Waals surface area contributed by atoms with Gasteiger partial charge in [0.25, 0.3) is 0 Å². The molecule has 0 saturated carbocycles. The van der Waals surface area contributed by atoms with Gasteiger partial charge in [-0.1, -0.05) is 145 Å². The Balaban J connectivity index is 1.22. The third-order valence-corrected chi connectivity index (χ3v) is 10.1. The Morgan fingerprint density at radius 2 is 0.911 bits per heavy atom. The fraction of sp³-hybridized carbons (Fsp3) is 0. The predicted molar refractivity (Wildman–Crippen MR) is 229 cm³/mol. The monoisotopic (exact) mass is 724 g/mol. The maximum atomic E-state index is 9.25. The second kappa shape index (κ2) is 13.0. The van der Waals surface area contributed by atoms with Gasteiger partial charge in [0.15, 0.2) is 17.5 Å². The molecule has 0 spiro atoms. The van der Waals surface area contributed by atoms with Crippen molar-refractivity contribution in [3.63, 3.8) is 0 Å². The highest BCUT2D eigenvalue weighted by Crippen LogP contribution is 2.40. The first kappa shape index (κ1) is 24.6. The first-order valence-corrected chi connectivity index (χ1v) is 18.1. The molecule has 8 aromatic carbocycles. The number of fused-ring (bicyclic) bond motifs is 6. The van der Waals surface area contributed by atoms with Crippen LogP contribution in [0.5, 0.6) is 0 Å². The van der Waals surface area contributed by atoms with Crippen LogP contribution in [-0.2, 0) is 0 Å². The lowest BCUT2D eigenvalue weighted by atomic mass is 9.98. The quantitative estimate of drug-likeness (QED) is 0.171. The Bertz CT molecular complexity index is 3570. The Morgan fingerprint density at radius 1 is 0.393 bits per heavy atom. The van der Waals surface area contributed by atoms with Crippen LogP contribution >= 0.6 is 0 Å². The number of aromatic nitrogens is 4. The molecule has 3 aromatic heterocycles. The molecule has 56 heavy (non-hydrogen) atoms. The van der Waals surface area contributed by atoms with Gasteiger partial charge in [-0.15, -0.1) is 0 Å². The number of para-hydroxylation sites is 2. The van der Waals surface area contributed by atoms with Gasteiger partial charge in [0.05, 0.1) is 27.7 Å². The van der Waals surface area contributed by atoms with Crippen LogP contribution in [0.15, 0.2) is 198 Å². The van der Waals surface area contributed by atoms with Crippen molar-refractivity contribution in [2.24, 2.45) is 0 Å². The molecular weight excluding hydrogens is 685 g/mol. The molecule has 0 amide bonds. The van der Waals surface area contributed by atoms with Crippen molar-refractivity contribution in [1.82, 2.24) is 19.5 Å². The van der Waals surface area contributed by atoms with Gasteiger partial charge in [-0.25, -0.2) is 15.0 Å². The second-order valence-corrected chi connectivity index (χ2v) is 13.4. The van der Waals surface area contributed by atoms with Gasteiger partial charge < -0.3 is 8.98 Å². The van der Waals surface area contributed by atoms with E-state index in [4.69, 9.17) is 27.6 Å². The fourth-order valence-corrected chi connectivity index (χ4v) is 7.45. The maximum Gasteiger partial charge on any atom is 0.166 e. The van der Waals surface area contributed by atoms with E-state index < -0.39 is 48.3 Å². The molecule has 0 aliphatic rings. The zero-order valence-corrected chi connectivity index (χ0v) is 29.6. The number of furan rings is 1. The minimum absolute atomic E-state index is 0.0104. The summed E-state index contributed by atoms with van der Waals surface area (Å²) in [4.78, 5) is 15.1. The van der Waals surface area contributed by atoms with Crippen LogP contribution in [0.25, 0.3) is 106 Å². The summed E-state index contributed by atoms with van der Waals surface area (Å²) in [7, 11) is 0. The van der Waals surface area contributed by atoms with Crippen LogP contribution in [0.4, 0.5) is 0 Å². The highest BCUT2D eigenvalue weighted by atomic mass is 16.3. The van der Waals surface area contributed by atoms with E-state index in [1.54, 1.807) is 6.07 Å². The highest BCUT2D eigenvalue weighted by molar-refractivity contribution is 6.10. The van der Waals surface area contributed by atoms with Gasteiger partial charge >= 0.3 is 0 Å². The molecular formula is C51H32N4O. The molecule has 11 rings (SSSR count). The number of hydrogen-bond donors (Lipinski definition) is 0. The lowest BCUT2D eigenvalue weighted by molar-refractivity contribution is 0.669. The van der Waals surface area contributed by atoms with Crippen LogP contribution in [-0.4, -0.2) is 19.5 Å². The van der Waals surface area contributed by atoms with E-state index in [1.807, 2.05) is 109 Å². The summed E-state index contributed by atoms with van der Waals surface area (Å²) in [5, 5.41) is 1.80. The molecule has 0 aliphatic heterocycles. The minimum Gasteiger partial charge on any atom is -0.456 e. The summed E-state index contributed by atoms with van der Waals surface area (Å²) < 4.78 is 79.2. The van der Waals surface area contributed by atoms with Crippen molar-refractivity contribution in [3.05, 3.63) is 194 Å². The molecule has 0 N–H and O–H groups in total. The fourth-order valence-electron chi connectivity index (χ4n) is 7.45. The van der Waals surface area contributed by atoms with E-state index in [-0.39, 0.29) is 27.6 Å². The molecule has 5 heteroatoms. The van der Waals surface area contributed by atoms with Gasteiger partial charge in [0.1, 0.15) is 11.2 Å². The van der Waals surface area contributed by atoms with Crippen LogP contribution in [0.1, 0.15) is 11.0 Å². The lowest BCUT2D eigenvalue weighted by Gasteiger charge is -2.16.